The molecule has 0 aliphatic rings. The number of aromatic hydroxyl groups is 1. The van der Waals surface area contributed by atoms with Gasteiger partial charge in [0, 0.05) is 0 Å². The fraction of sp³-hybridized carbons (Fsp3) is 0.417. The van der Waals surface area contributed by atoms with Crippen LogP contribution in [0.5, 0.6) is 5.75 Å². The van der Waals surface area contributed by atoms with Gasteiger partial charge in [-0.25, -0.2) is 4.79 Å². The number of hydrogen-bond donors (Lipinski definition) is 2. The van der Waals surface area contributed by atoms with E-state index in [9.17, 15) is 9.90 Å². The summed E-state index contributed by atoms with van der Waals surface area (Å²) in [4.78, 5) is 10.8. The van der Waals surface area contributed by atoms with E-state index in [0.29, 0.717) is 5.92 Å². The number of carboxylic acid groups (broad SMARTS) is 1. The number of aryl methyl sites for hydroxylation is 1. The van der Waals surface area contributed by atoms with Gasteiger partial charge in [-0.3, -0.25) is 0 Å². The lowest BCUT2D eigenvalue weighted by molar-refractivity contribution is 0.0693. The molecule has 0 heterocycles. The van der Waals surface area contributed by atoms with E-state index in [1.807, 2.05) is 0 Å². The molecule has 1 rings (SSSR count). The summed E-state index contributed by atoms with van der Waals surface area (Å²) in [6.45, 7) is 4.25. The molecule has 0 fully saturated rings. The van der Waals surface area contributed by atoms with Crippen LogP contribution in [0.1, 0.15) is 36.2 Å². The summed E-state index contributed by atoms with van der Waals surface area (Å²) in [6, 6.07) is 4.75. The summed E-state index contributed by atoms with van der Waals surface area (Å²) in [7, 11) is 0. The van der Waals surface area contributed by atoms with E-state index in [1.165, 1.54) is 6.07 Å². The zero-order chi connectivity index (χ0) is 11.4. The average Bonchev–Trinajstić information content (AvgIpc) is 2.16. The van der Waals surface area contributed by atoms with E-state index in [0.717, 1.165) is 18.4 Å². The van der Waals surface area contributed by atoms with Gasteiger partial charge in [0.2, 0.25) is 0 Å². The normalized spacial score (nSPS) is 10.6. The van der Waals surface area contributed by atoms with Gasteiger partial charge in [0.25, 0.3) is 0 Å². The number of benzene rings is 1. The third-order valence-electron chi connectivity index (χ3n) is 2.30. The van der Waals surface area contributed by atoms with Crippen LogP contribution >= 0.6 is 0 Å². The molecule has 3 heteroatoms. The molecule has 0 radical (unpaired) electrons. The van der Waals surface area contributed by atoms with Crippen LogP contribution in [-0.2, 0) is 6.42 Å². The molecule has 0 unspecified atom stereocenters. The number of carboxylic acids is 1. The largest absolute Gasteiger partial charge is 0.507 e. The SMILES string of the molecule is CC(C)CCc1ccc(O)c(C(=O)O)c1. The highest BCUT2D eigenvalue weighted by atomic mass is 16.4. The van der Waals surface area contributed by atoms with Gasteiger partial charge >= 0.3 is 5.97 Å². The summed E-state index contributed by atoms with van der Waals surface area (Å²) >= 11 is 0. The van der Waals surface area contributed by atoms with E-state index in [1.54, 1.807) is 12.1 Å². The lowest BCUT2D eigenvalue weighted by Gasteiger charge is -2.06. The maximum absolute atomic E-state index is 10.8. The molecule has 0 amide bonds. The van der Waals surface area contributed by atoms with Crippen molar-refractivity contribution in [3.05, 3.63) is 29.3 Å². The fourth-order valence-corrected chi connectivity index (χ4v) is 1.37. The number of aromatic carboxylic acids is 1. The van der Waals surface area contributed by atoms with Crippen LogP contribution in [-0.4, -0.2) is 16.2 Å². The standard InChI is InChI=1S/C12H16O3/c1-8(2)3-4-9-5-6-11(13)10(7-9)12(14)15/h5-8,13H,3-4H2,1-2H3,(H,14,15). The quantitative estimate of drug-likeness (QED) is 0.799. The average molecular weight is 208 g/mol. The molecule has 0 bridgehead atoms. The third kappa shape index (κ3) is 3.27. The molecule has 0 saturated heterocycles. The third-order valence-corrected chi connectivity index (χ3v) is 2.30. The predicted molar refractivity (Wildman–Crippen MR) is 58.2 cm³/mol. The van der Waals surface area contributed by atoms with Crippen LogP contribution in [0.4, 0.5) is 0 Å². The first-order valence-corrected chi connectivity index (χ1v) is 5.06. The van der Waals surface area contributed by atoms with Crippen molar-refractivity contribution in [3.63, 3.8) is 0 Å². The Balaban J connectivity index is 2.83. The zero-order valence-electron chi connectivity index (χ0n) is 9.03. The van der Waals surface area contributed by atoms with Gasteiger partial charge in [-0.15, -0.1) is 0 Å². The summed E-state index contributed by atoms with van der Waals surface area (Å²) in [5, 5.41) is 18.1. The van der Waals surface area contributed by atoms with E-state index in [4.69, 9.17) is 5.11 Å². The molecule has 0 aliphatic heterocycles. The second-order valence-electron chi connectivity index (χ2n) is 4.09. The minimum atomic E-state index is -1.08. The highest BCUT2D eigenvalue weighted by molar-refractivity contribution is 5.90. The first-order chi connectivity index (χ1) is 7.00. The lowest BCUT2D eigenvalue weighted by atomic mass is 10.0. The molecule has 0 atom stereocenters. The van der Waals surface area contributed by atoms with Crippen molar-refractivity contribution in [2.75, 3.05) is 0 Å². The summed E-state index contributed by atoms with van der Waals surface area (Å²) in [5.74, 6) is -0.665. The first-order valence-electron chi connectivity index (χ1n) is 5.06. The predicted octanol–water partition coefficient (Wildman–Crippen LogP) is 2.68. The van der Waals surface area contributed by atoms with Crippen molar-refractivity contribution in [2.24, 2.45) is 5.92 Å². The Morgan fingerprint density at radius 1 is 1.40 bits per heavy atom. The van der Waals surface area contributed by atoms with E-state index < -0.39 is 5.97 Å². The van der Waals surface area contributed by atoms with Crippen molar-refractivity contribution in [3.8, 4) is 5.75 Å². The minimum Gasteiger partial charge on any atom is -0.507 e. The Morgan fingerprint density at radius 2 is 2.07 bits per heavy atom. The highest BCUT2D eigenvalue weighted by Gasteiger charge is 2.09. The Kier molecular flexibility index (Phi) is 3.72. The summed E-state index contributed by atoms with van der Waals surface area (Å²) < 4.78 is 0. The Bertz CT molecular complexity index is 356. The van der Waals surface area contributed by atoms with Crippen LogP contribution in [0.2, 0.25) is 0 Å². The topological polar surface area (TPSA) is 57.5 Å². The van der Waals surface area contributed by atoms with Crippen molar-refractivity contribution in [1.29, 1.82) is 0 Å². The zero-order valence-corrected chi connectivity index (χ0v) is 9.03. The molecule has 15 heavy (non-hydrogen) atoms. The molecule has 3 nitrogen and oxygen atoms in total. The van der Waals surface area contributed by atoms with Crippen LogP contribution in [0.15, 0.2) is 18.2 Å². The number of rotatable bonds is 4. The first kappa shape index (κ1) is 11.6. The minimum absolute atomic E-state index is 0.0174. The molecule has 1 aromatic carbocycles. The Morgan fingerprint density at radius 3 is 2.60 bits per heavy atom. The second kappa shape index (κ2) is 4.82. The van der Waals surface area contributed by atoms with E-state index in [-0.39, 0.29) is 11.3 Å². The van der Waals surface area contributed by atoms with Crippen LogP contribution in [0.25, 0.3) is 0 Å². The number of phenols is 1. The summed E-state index contributed by atoms with van der Waals surface area (Å²) in [6.07, 6.45) is 1.86. The van der Waals surface area contributed by atoms with Crippen molar-refractivity contribution in [2.45, 2.75) is 26.7 Å². The maximum atomic E-state index is 10.8. The molecule has 2 N–H and O–H groups in total. The molecular formula is C12H16O3. The Labute approximate surface area is 89.4 Å². The van der Waals surface area contributed by atoms with E-state index in [2.05, 4.69) is 13.8 Å². The maximum Gasteiger partial charge on any atom is 0.339 e. The highest BCUT2D eigenvalue weighted by Crippen LogP contribution is 2.20. The second-order valence-corrected chi connectivity index (χ2v) is 4.09. The van der Waals surface area contributed by atoms with Gasteiger partial charge in [0.05, 0.1) is 0 Å². The van der Waals surface area contributed by atoms with Crippen LogP contribution in [0.3, 0.4) is 0 Å². The van der Waals surface area contributed by atoms with Gasteiger partial charge in [-0.1, -0.05) is 19.9 Å². The van der Waals surface area contributed by atoms with Gasteiger partial charge < -0.3 is 10.2 Å². The van der Waals surface area contributed by atoms with E-state index >= 15 is 0 Å². The molecule has 0 saturated carbocycles. The smallest absolute Gasteiger partial charge is 0.339 e. The number of hydrogen-bond acceptors (Lipinski definition) is 2. The number of carbonyl (C=O) groups is 1. The molecule has 0 spiro atoms. The Hall–Kier alpha value is -1.51. The van der Waals surface area contributed by atoms with Gasteiger partial charge in [0.15, 0.2) is 0 Å². The molecule has 0 aromatic heterocycles. The molecule has 82 valence electrons. The van der Waals surface area contributed by atoms with Crippen molar-refractivity contribution < 1.29 is 15.0 Å². The lowest BCUT2D eigenvalue weighted by Crippen LogP contribution is -1.99. The molecular weight excluding hydrogens is 192 g/mol. The van der Waals surface area contributed by atoms with Crippen LogP contribution < -0.4 is 0 Å². The fourth-order valence-electron chi connectivity index (χ4n) is 1.37. The van der Waals surface area contributed by atoms with Crippen LogP contribution in [0, 0.1) is 5.92 Å². The van der Waals surface area contributed by atoms with Gasteiger partial charge in [-0.05, 0) is 36.5 Å². The monoisotopic (exact) mass is 208 g/mol. The molecule has 1 aromatic rings. The van der Waals surface area contributed by atoms with Gasteiger partial charge in [0.1, 0.15) is 11.3 Å². The van der Waals surface area contributed by atoms with Crippen molar-refractivity contribution in [1.82, 2.24) is 0 Å². The molecule has 0 aliphatic carbocycles. The van der Waals surface area contributed by atoms with Gasteiger partial charge in [-0.2, -0.15) is 0 Å². The summed E-state index contributed by atoms with van der Waals surface area (Å²) in [5.41, 5.74) is 0.940. The van der Waals surface area contributed by atoms with Crippen molar-refractivity contribution >= 4 is 5.97 Å².